The van der Waals surface area contributed by atoms with E-state index < -0.39 is 6.03 Å². The predicted molar refractivity (Wildman–Crippen MR) is 165 cm³/mol. The van der Waals surface area contributed by atoms with Gasteiger partial charge in [-0.2, -0.15) is 4.98 Å². The number of anilines is 4. The van der Waals surface area contributed by atoms with Crippen molar-refractivity contribution in [3.63, 3.8) is 0 Å². The predicted octanol–water partition coefficient (Wildman–Crippen LogP) is 7.02. The van der Waals surface area contributed by atoms with E-state index >= 15 is 0 Å². The number of para-hydroxylation sites is 2. The van der Waals surface area contributed by atoms with Crippen LogP contribution in [0.3, 0.4) is 0 Å². The van der Waals surface area contributed by atoms with Gasteiger partial charge in [0, 0.05) is 29.1 Å². The fraction of sp³-hybridized carbons (Fsp3) is 0.0625. The summed E-state index contributed by atoms with van der Waals surface area (Å²) in [6.07, 6.45) is 1.60. The number of nitrogens with zero attached hydrogens (tertiary/aromatic N) is 4. The molecular weight excluding hydrogens is 546 g/mol. The number of hydrogen-bond acceptors (Lipinski definition) is 8. The van der Waals surface area contributed by atoms with Gasteiger partial charge in [0.05, 0.1) is 24.2 Å². The Labute approximate surface area is 246 Å². The van der Waals surface area contributed by atoms with Crippen molar-refractivity contribution in [3.8, 4) is 28.9 Å². The van der Waals surface area contributed by atoms with E-state index in [0.29, 0.717) is 40.5 Å². The number of aryl methyl sites for hydroxylation is 1. The van der Waals surface area contributed by atoms with Crippen molar-refractivity contribution in [3.05, 3.63) is 109 Å². The molecule has 0 spiro atoms. The van der Waals surface area contributed by atoms with Gasteiger partial charge in [-0.25, -0.2) is 14.5 Å². The second kappa shape index (κ2) is 11.8. The van der Waals surface area contributed by atoms with E-state index in [1.165, 1.54) is 10.7 Å². The van der Waals surface area contributed by atoms with Gasteiger partial charge in [-0.1, -0.05) is 54.1 Å². The maximum Gasteiger partial charge on any atom is 0.324 e. The smallest absolute Gasteiger partial charge is 0.324 e. The molecular formula is C32H27N7O4. The highest BCUT2D eigenvalue weighted by molar-refractivity contribution is 6.07. The van der Waals surface area contributed by atoms with Crippen LogP contribution < -0.4 is 25.4 Å². The summed E-state index contributed by atoms with van der Waals surface area (Å²) in [7, 11) is 1.60. The van der Waals surface area contributed by atoms with Crippen LogP contribution in [0.2, 0.25) is 0 Å². The maximum atomic E-state index is 13.1. The van der Waals surface area contributed by atoms with Crippen molar-refractivity contribution < 1.29 is 19.4 Å². The molecule has 2 heterocycles. The molecule has 6 aromatic rings. The lowest BCUT2D eigenvalue weighted by molar-refractivity contribution is 0.262. The quantitative estimate of drug-likeness (QED) is 0.153. The average molecular weight is 574 g/mol. The molecule has 0 saturated carbocycles. The summed E-state index contributed by atoms with van der Waals surface area (Å²) < 4.78 is 13.0. The van der Waals surface area contributed by atoms with Crippen molar-refractivity contribution in [1.82, 2.24) is 19.7 Å². The molecule has 2 aromatic heterocycles. The number of methoxy groups -OCH3 is 1. The van der Waals surface area contributed by atoms with Gasteiger partial charge < -0.3 is 25.2 Å². The Bertz CT molecular complexity index is 1920. The molecule has 0 bridgehead atoms. The van der Waals surface area contributed by atoms with E-state index in [-0.39, 0.29) is 5.88 Å². The summed E-state index contributed by atoms with van der Waals surface area (Å²) in [5.74, 6) is 1.98. The van der Waals surface area contributed by atoms with Crippen molar-refractivity contribution in [2.24, 2.45) is 0 Å². The number of hydrogen-bond donors (Lipinski definition) is 4. The highest BCUT2D eigenvalue weighted by atomic mass is 16.5. The molecule has 0 atom stereocenters. The summed E-state index contributed by atoms with van der Waals surface area (Å²) in [6.45, 7) is 1.98. The molecule has 0 aliphatic carbocycles. The first-order chi connectivity index (χ1) is 21.0. The fourth-order valence-corrected chi connectivity index (χ4v) is 4.52. The normalized spacial score (nSPS) is 10.7. The van der Waals surface area contributed by atoms with Crippen LogP contribution in [-0.2, 0) is 0 Å². The minimum atomic E-state index is -0.505. The van der Waals surface area contributed by atoms with E-state index in [1.807, 2.05) is 79.7 Å². The van der Waals surface area contributed by atoms with Crippen LogP contribution in [0.1, 0.15) is 5.56 Å². The first kappa shape index (κ1) is 27.1. The third kappa shape index (κ3) is 6.00. The van der Waals surface area contributed by atoms with E-state index in [1.54, 1.807) is 31.5 Å². The summed E-state index contributed by atoms with van der Waals surface area (Å²) in [5, 5.41) is 24.5. The molecule has 11 heteroatoms. The summed E-state index contributed by atoms with van der Waals surface area (Å²) in [4.78, 5) is 21.9. The van der Waals surface area contributed by atoms with Crippen LogP contribution in [0.4, 0.5) is 27.9 Å². The monoisotopic (exact) mass is 573 g/mol. The number of urea groups is 1. The van der Waals surface area contributed by atoms with Crippen molar-refractivity contribution in [2.75, 3.05) is 23.1 Å². The third-order valence-electron chi connectivity index (χ3n) is 6.55. The molecule has 11 nitrogen and oxygen atoms in total. The maximum absolute atomic E-state index is 13.1. The van der Waals surface area contributed by atoms with Gasteiger partial charge in [0.1, 0.15) is 17.3 Å². The number of amides is 2. The SMILES string of the molecule is COc1ccccc1Nc1nccc(Oc2ccc(NC(=O)Nc3cc(O)nn3-c3ccc(C)cc3)c3ccccc23)n1. The molecule has 2 amide bonds. The zero-order valence-corrected chi connectivity index (χ0v) is 23.3. The molecule has 6 rings (SSSR count). The topological polar surface area (TPSA) is 135 Å². The molecule has 214 valence electrons. The van der Waals surface area contributed by atoms with Crippen LogP contribution >= 0.6 is 0 Å². The molecule has 0 saturated heterocycles. The number of nitrogens with one attached hydrogen (secondary N) is 3. The molecule has 4 N–H and O–H groups in total. The van der Waals surface area contributed by atoms with E-state index in [2.05, 4.69) is 31.0 Å². The highest BCUT2D eigenvalue weighted by Crippen LogP contribution is 2.35. The van der Waals surface area contributed by atoms with Gasteiger partial charge in [-0.05, 0) is 43.3 Å². The fourth-order valence-electron chi connectivity index (χ4n) is 4.52. The van der Waals surface area contributed by atoms with E-state index in [9.17, 15) is 9.90 Å². The van der Waals surface area contributed by atoms with Crippen molar-refractivity contribution in [2.45, 2.75) is 6.92 Å². The van der Waals surface area contributed by atoms with Gasteiger partial charge in [0.15, 0.2) is 0 Å². The number of fused-ring (bicyclic) bond motifs is 1. The molecule has 0 unspecified atom stereocenters. The second-order valence-electron chi connectivity index (χ2n) is 9.52. The molecule has 0 aliphatic rings. The lowest BCUT2D eigenvalue weighted by Gasteiger charge is -2.14. The number of ether oxygens (including phenoxy) is 2. The van der Waals surface area contributed by atoms with Gasteiger partial charge in [0.25, 0.3) is 0 Å². The summed E-state index contributed by atoms with van der Waals surface area (Å²) >= 11 is 0. The Morgan fingerprint density at radius 1 is 0.837 bits per heavy atom. The Morgan fingerprint density at radius 2 is 1.60 bits per heavy atom. The summed E-state index contributed by atoms with van der Waals surface area (Å²) in [6, 6.07) is 28.6. The number of rotatable bonds is 8. The van der Waals surface area contributed by atoms with Crippen LogP contribution in [0, 0.1) is 6.92 Å². The zero-order chi connectivity index (χ0) is 29.8. The highest BCUT2D eigenvalue weighted by Gasteiger charge is 2.15. The number of carbonyl (C=O) groups excluding carboxylic acids is 1. The minimum Gasteiger partial charge on any atom is -0.495 e. The van der Waals surface area contributed by atoms with Gasteiger partial charge in [-0.15, -0.1) is 5.10 Å². The van der Waals surface area contributed by atoms with Gasteiger partial charge in [0.2, 0.25) is 17.7 Å². The molecule has 0 radical (unpaired) electrons. The number of carbonyl (C=O) groups is 1. The van der Waals surface area contributed by atoms with Crippen molar-refractivity contribution in [1.29, 1.82) is 0 Å². The van der Waals surface area contributed by atoms with Gasteiger partial charge >= 0.3 is 6.03 Å². The van der Waals surface area contributed by atoms with Crippen LogP contribution in [0.15, 0.2) is 103 Å². The molecule has 0 fully saturated rings. The van der Waals surface area contributed by atoms with Crippen LogP contribution in [0.5, 0.6) is 23.3 Å². The Kier molecular flexibility index (Phi) is 7.43. The first-order valence-corrected chi connectivity index (χ1v) is 13.3. The Morgan fingerprint density at radius 3 is 2.42 bits per heavy atom. The van der Waals surface area contributed by atoms with Crippen LogP contribution in [-0.4, -0.2) is 38.0 Å². The van der Waals surface area contributed by atoms with E-state index in [4.69, 9.17) is 9.47 Å². The Hall–Kier alpha value is -6.10. The molecule has 0 aliphatic heterocycles. The standard InChI is InChI=1S/C32H27N7O4/c1-20-11-13-21(14-12-20)39-28(19-29(40)38-39)36-32(41)35-24-15-16-26(23-8-4-3-7-22(23)24)43-30-17-18-33-31(37-30)34-25-9-5-6-10-27(25)42-2/h3-19H,1-2H3,(H,38,40)(H,33,34,37)(H2,35,36,41). The first-order valence-electron chi connectivity index (χ1n) is 13.3. The number of benzene rings is 4. The van der Waals surface area contributed by atoms with Crippen LogP contribution in [0.25, 0.3) is 16.5 Å². The largest absolute Gasteiger partial charge is 0.495 e. The molecule has 4 aromatic carbocycles. The summed E-state index contributed by atoms with van der Waals surface area (Å²) in [5.41, 5.74) is 3.06. The third-order valence-corrected chi connectivity index (χ3v) is 6.55. The second-order valence-corrected chi connectivity index (χ2v) is 9.52. The van der Waals surface area contributed by atoms with Gasteiger partial charge in [-0.3, -0.25) is 5.32 Å². The minimum absolute atomic E-state index is 0.214. The number of aromatic hydroxyl groups is 1. The Balaban J connectivity index is 1.21. The van der Waals surface area contributed by atoms with Crippen molar-refractivity contribution >= 4 is 39.9 Å². The average Bonchev–Trinajstić information content (AvgIpc) is 3.38. The molecule has 43 heavy (non-hydrogen) atoms. The number of aromatic nitrogens is 4. The lowest BCUT2D eigenvalue weighted by atomic mass is 10.1. The lowest BCUT2D eigenvalue weighted by Crippen LogP contribution is -2.21. The van der Waals surface area contributed by atoms with E-state index in [0.717, 1.165) is 22.0 Å². The zero-order valence-electron chi connectivity index (χ0n) is 23.3.